The molecule has 7 nitrogen and oxygen atoms in total. The summed E-state index contributed by atoms with van der Waals surface area (Å²) in [6.45, 7) is 3.85. The Morgan fingerprint density at radius 2 is 1.74 bits per heavy atom. The molecule has 1 saturated heterocycles. The first-order chi connectivity index (χ1) is 14.9. The summed E-state index contributed by atoms with van der Waals surface area (Å²) in [4.78, 5) is 39.5. The van der Waals surface area contributed by atoms with Crippen LogP contribution in [0.5, 0.6) is 0 Å². The normalized spacial score (nSPS) is 18.2. The molecule has 1 aromatic heterocycles. The van der Waals surface area contributed by atoms with Crippen molar-refractivity contribution in [2.45, 2.75) is 25.9 Å². The monoisotopic (exact) mass is 418 g/mol. The number of carbonyl (C=O) groups is 3. The van der Waals surface area contributed by atoms with Gasteiger partial charge in [0.15, 0.2) is 5.54 Å². The van der Waals surface area contributed by atoms with Crippen LogP contribution in [0.3, 0.4) is 0 Å². The predicted molar refractivity (Wildman–Crippen MR) is 112 cm³/mol. The summed E-state index contributed by atoms with van der Waals surface area (Å²) >= 11 is 0. The van der Waals surface area contributed by atoms with Gasteiger partial charge in [0.25, 0.3) is 5.91 Å². The molecule has 31 heavy (non-hydrogen) atoms. The van der Waals surface area contributed by atoms with Gasteiger partial charge in [0.1, 0.15) is 5.76 Å². The van der Waals surface area contributed by atoms with Crippen LogP contribution in [0.15, 0.2) is 65.1 Å². The predicted octanol–water partition coefficient (Wildman–Crippen LogP) is 3.68. The van der Waals surface area contributed by atoms with Crippen molar-refractivity contribution < 1.29 is 23.5 Å². The molecule has 0 spiro atoms. The van der Waals surface area contributed by atoms with Crippen LogP contribution in [0, 0.1) is 13.8 Å². The van der Waals surface area contributed by atoms with Crippen molar-refractivity contribution in [1.82, 2.24) is 10.2 Å². The molecule has 0 radical (unpaired) electrons. The van der Waals surface area contributed by atoms with Gasteiger partial charge in [-0.3, -0.25) is 9.69 Å². The second-order valence-corrected chi connectivity index (χ2v) is 7.49. The fourth-order valence-electron chi connectivity index (χ4n) is 3.77. The smallest absolute Gasteiger partial charge is 0.373 e. The first-order valence-corrected chi connectivity index (χ1v) is 9.81. The average Bonchev–Trinajstić information content (AvgIpc) is 3.35. The molecule has 7 heteroatoms. The fraction of sp³-hybridized carbons (Fsp3) is 0.208. The van der Waals surface area contributed by atoms with E-state index in [2.05, 4.69) is 10.1 Å². The molecule has 1 fully saturated rings. The van der Waals surface area contributed by atoms with Gasteiger partial charge in [-0.05, 0) is 48.2 Å². The molecule has 0 bridgehead atoms. The standard InChI is InChI=1S/C24H22N2O5/c1-15-9-10-18(13-16(15)2)24(17-7-5-4-6-8-17)22(28)26(23(29)25-24)14-19-11-12-20(31-19)21(27)30-3/h4-13H,14H2,1-3H3,(H,25,29)/t24-/m0/s1. The first kappa shape index (κ1) is 20.4. The summed E-state index contributed by atoms with van der Waals surface area (Å²) in [7, 11) is 1.25. The summed E-state index contributed by atoms with van der Waals surface area (Å²) in [5.41, 5.74) is 2.09. The number of hydrogen-bond acceptors (Lipinski definition) is 5. The topological polar surface area (TPSA) is 88.9 Å². The number of imide groups is 1. The number of nitrogens with zero attached hydrogens (tertiary/aromatic N) is 1. The highest BCUT2D eigenvalue weighted by Gasteiger charge is 2.53. The Kier molecular flexibility index (Phi) is 5.10. The van der Waals surface area contributed by atoms with E-state index in [0.717, 1.165) is 16.0 Å². The maximum Gasteiger partial charge on any atom is 0.373 e. The Morgan fingerprint density at radius 3 is 2.42 bits per heavy atom. The van der Waals surface area contributed by atoms with Crippen LogP contribution in [0.4, 0.5) is 4.79 Å². The summed E-state index contributed by atoms with van der Waals surface area (Å²) in [5.74, 6) is -0.735. The Labute approximate surface area is 179 Å². The zero-order valence-electron chi connectivity index (χ0n) is 17.5. The number of esters is 1. The molecule has 3 aromatic rings. The quantitative estimate of drug-likeness (QED) is 0.504. The Morgan fingerprint density at radius 1 is 1.00 bits per heavy atom. The second kappa shape index (κ2) is 7.75. The van der Waals surface area contributed by atoms with E-state index in [4.69, 9.17) is 4.42 Å². The van der Waals surface area contributed by atoms with Gasteiger partial charge in [-0.15, -0.1) is 0 Å². The maximum absolute atomic E-state index is 13.7. The van der Waals surface area contributed by atoms with Crippen molar-refractivity contribution in [2.24, 2.45) is 0 Å². The second-order valence-electron chi connectivity index (χ2n) is 7.49. The lowest BCUT2D eigenvalue weighted by molar-refractivity contribution is -0.130. The van der Waals surface area contributed by atoms with E-state index in [0.29, 0.717) is 16.9 Å². The van der Waals surface area contributed by atoms with E-state index in [1.165, 1.54) is 13.2 Å². The summed E-state index contributed by atoms with van der Waals surface area (Å²) in [6, 6.07) is 17.3. The molecular formula is C24H22N2O5. The highest BCUT2D eigenvalue weighted by molar-refractivity contribution is 6.09. The molecule has 1 N–H and O–H groups in total. The summed E-state index contributed by atoms with van der Waals surface area (Å²) < 4.78 is 10.1. The lowest BCUT2D eigenvalue weighted by atomic mass is 9.81. The zero-order chi connectivity index (χ0) is 22.2. The SMILES string of the molecule is COC(=O)c1ccc(CN2C(=O)N[C@@](c3ccccc3)(c3ccc(C)c(C)c3)C2=O)o1. The summed E-state index contributed by atoms with van der Waals surface area (Å²) in [6.07, 6.45) is 0. The number of nitrogens with one attached hydrogen (secondary N) is 1. The van der Waals surface area contributed by atoms with Crippen molar-refractivity contribution in [3.63, 3.8) is 0 Å². The van der Waals surface area contributed by atoms with Crippen molar-refractivity contribution in [2.75, 3.05) is 7.11 Å². The van der Waals surface area contributed by atoms with Crippen LogP contribution in [-0.4, -0.2) is 29.9 Å². The average molecular weight is 418 g/mol. The number of furan rings is 1. The number of rotatable bonds is 5. The van der Waals surface area contributed by atoms with Crippen LogP contribution < -0.4 is 5.32 Å². The highest BCUT2D eigenvalue weighted by Crippen LogP contribution is 2.37. The van der Waals surface area contributed by atoms with E-state index in [1.807, 2.05) is 62.4 Å². The maximum atomic E-state index is 13.7. The van der Waals surface area contributed by atoms with Crippen molar-refractivity contribution in [1.29, 1.82) is 0 Å². The first-order valence-electron chi connectivity index (χ1n) is 9.81. The van der Waals surface area contributed by atoms with Crippen LogP contribution in [-0.2, 0) is 21.6 Å². The highest BCUT2D eigenvalue weighted by atomic mass is 16.5. The Balaban J connectivity index is 1.76. The minimum atomic E-state index is -1.35. The molecule has 3 amide bonds. The molecule has 1 atom stereocenters. The summed E-state index contributed by atoms with van der Waals surface area (Å²) in [5, 5.41) is 2.91. The number of ether oxygens (including phenoxy) is 1. The third-order valence-electron chi connectivity index (χ3n) is 5.61. The molecule has 0 aliphatic carbocycles. The van der Waals surface area contributed by atoms with Crippen molar-refractivity contribution in [3.05, 3.63) is 94.4 Å². The Hall–Kier alpha value is -3.87. The van der Waals surface area contributed by atoms with Gasteiger partial charge in [0, 0.05) is 0 Å². The number of carbonyl (C=O) groups excluding carboxylic acids is 3. The van der Waals surface area contributed by atoms with Crippen molar-refractivity contribution >= 4 is 17.9 Å². The van der Waals surface area contributed by atoms with Gasteiger partial charge in [0.2, 0.25) is 5.76 Å². The number of hydrogen-bond donors (Lipinski definition) is 1. The van der Waals surface area contributed by atoms with E-state index < -0.39 is 23.4 Å². The van der Waals surface area contributed by atoms with E-state index >= 15 is 0 Å². The van der Waals surface area contributed by atoms with Gasteiger partial charge in [-0.25, -0.2) is 9.59 Å². The van der Waals surface area contributed by atoms with Gasteiger partial charge in [-0.2, -0.15) is 0 Å². The van der Waals surface area contributed by atoms with E-state index in [1.54, 1.807) is 6.07 Å². The number of urea groups is 1. The zero-order valence-corrected chi connectivity index (χ0v) is 17.5. The molecule has 1 aliphatic heterocycles. The third-order valence-corrected chi connectivity index (χ3v) is 5.61. The molecule has 2 aromatic carbocycles. The van der Waals surface area contributed by atoms with Crippen LogP contribution >= 0.6 is 0 Å². The van der Waals surface area contributed by atoms with Gasteiger partial charge >= 0.3 is 12.0 Å². The number of amides is 3. The van der Waals surface area contributed by atoms with Crippen molar-refractivity contribution in [3.8, 4) is 0 Å². The fourth-order valence-corrected chi connectivity index (χ4v) is 3.77. The lowest BCUT2D eigenvalue weighted by Crippen LogP contribution is -2.45. The van der Waals surface area contributed by atoms with Gasteiger partial charge in [-0.1, -0.05) is 48.5 Å². The molecule has 2 heterocycles. The Bertz CT molecular complexity index is 1170. The molecule has 1 aliphatic rings. The molecule has 0 saturated carbocycles. The minimum absolute atomic E-state index is 0.00744. The number of benzene rings is 2. The van der Waals surface area contributed by atoms with E-state index in [9.17, 15) is 14.4 Å². The van der Waals surface area contributed by atoms with Gasteiger partial charge < -0.3 is 14.5 Å². The largest absolute Gasteiger partial charge is 0.463 e. The number of aryl methyl sites for hydroxylation is 2. The van der Waals surface area contributed by atoms with Crippen LogP contribution in [0.2, 0.25) is 0 Å². The molecular weight excluding hydrogens is 396 g/mol. The van der Waals surface area contributed by atoms with Crippen LogP contribution in [0.1, 0.15) is 38.6 Å². The third kappa shape index (κ3) is 3.38. The minimum Gasteiger partial charge on any atom is -0.463 e. The van der Waals surface area contributed by atoms with Crippen LogP contribution in [0.25, 0.3) is 0 Å². The molecule has 158 valence electrons. The molecule has 0 unspecified atom stereocenters. The lowest BCUT2D eigenvalue weighted by Gasteiger charge is -2.28. The molecule has 4 rings (SSSR count). The van der Waals surface area contributed by atoms with E-state index in [-0.39, 0.29) is 12.3 Å². The number of methoxy groups -OCH3 is 1. The van der Waals surface area contributed by atoms with Gasteiger partial charge in [0.05, 0.1) is 13.7 Å².